The van der Waals surface area contributed by atoms with E-state index in [2.05, 4.69) is 4.98 Å². The number of carbonyl (C=O) groups is 1. The fourth-order valence-corrected chi connectivity index (χ4v) is 2.88. The molecule has 0 aliphatic heterocycles. The van der Waals surface area contributed by atoms with E-state index in [-0.39, 0.29) is 5.78 Å². The lowest BCUT2D eigenvalue weighted by molar-refractivity contribution is 0.0968. The molecule has 2 aromatic heterocycles. The van der Waals surface area contributed by atoms with Crippen molar-refractivity contribution in [2.75, 3.05) is 0 Å². The highest BCUT2D eigenvalue weighted by atomic mass is 32.1. The highest BCUT2D eigenvalue weighted by Gasteiger charge is 2.22. The normalized spacial score (nSPS) is 15.3. The predicted molar refractivity (Wildman–Crippen MR) is 57.1 cm³/mol. The number of fused-ring (bicyclic) bond motifs is 1. The topological polar surface area (TPSA) is 43.1 Å². The summed E-state index contributed by atoms with van der Waals surface area (Å²) in [5.41, 5.74) is 1.64. The average molecular weight is 219 g/mol. The molecule has 0 amide bonds. The molecule has 1 aliphatic carbocycles. The lowest BCUT2D eigenvalue weighted by Crippen LogP contribution is -2.08. The van der Waals surface area contributed by atoms with Crippen molar-refractivity contribution in [3.8, 4) is 10.6 Å². The van der Waals surface area contributed by atoms with Crippen molar-refractivity contribution in [1.82, 2.24) is 4.98 Å². The predicted octanol–water partition coefficient (Wildman–Crippen LogP) is 2.92. The fraction of sp³-hybridized carbons (Fsp3) is 0.273. The van der Waals surface area contributed by atoms with Gasteiger partial charge in [0.05, 0.1) is 6.26 Å². The summed E-state index contributed by atoms with van der Waals surface area (Å²) in [6.45, 7) is 0. The van der Waals surface area contributed by atoms with E-state index in [9.17, 15) is 4.79 Å². The summed E-state index contributed by atoms with van der Waals surface area (Å²) in [6, 6.07) is 1.87. The number of carbonyl (C=O) groups excluding carboxylic acids is 1. The van der Waals surface area contributed by atoms with Gasteiger partial charge in [-0.05, 0) is 18.9 Å². The van der Waals surface area contributed by atoms with E-state index in [0.717, 1.165) is 28.3 Å². The molecule has 0 saturated carbocycles. The van der Waals surface area contributed by atoms with E-state index in [4.69, 9.17) is 4.42 Å². The van der Waals surface area contributed by atoms with Gasteiger partial charge < -0.3 is 4.42 Å². The molecule has 2 aromatic rings. The van der Waals surface area contributed by atoms with Crippen molar-refractivity contribution in [1.29, 1.82) is 0 Å². The quantitative estimate of drug-likeness (QED) is 0.740. The molecular weight excluding hydrogens is 210 g/mol. The Labute approximate surface area is 90.8 Å². The van der Waals surface area contributed by atoms with Crippen LogP contribution in [0, 0.1) is 0 Å². The van der Waals surface area contributed by atoms with Crippen LogP contribution in [0.4, 0.5) is 0 Å². The summed E-state index contributed by atoms with van der Waals surface area (Å²) in [4.78, 5) is 17.1. The highest BCUT2D eigenvalue weighted by molar-refractivity contribution is 7.15. The Morgan fingerprint density at radius 1 is 1.40 bits per heavy atom. The van der Waals surface area contributed by atoms with Gasteiger partial charge in [-0.3, -0.25) is 4.79 Å². The number of nitrogens with zero attached hydrogens (tertiary/aromatic N) is 1. The third-order valence-corrected chi connectivity index (χ3v) is 3.70. The van der Waals surface area contributed by atoms with Gasteiger partial charge >= 0.3 is 0 Å². The summed E-state index contributed by atoms with van der Waals surface area (Å²) in [5.74, 6) is 0.183. The molecule has 0 saturated heterocycles. The molecule has 3 rings (SSSR count). The molecule has 2 heterocycles. The zero-order valence-electron chi connectivity index (χ0n) is 8.03. The number of hydrogen-bond acceptors (Lipinski definition) is 4. The molecule has 0 atom stereocenters. The Balaban J connectivity index is 2.09. The van der Waals surface area contributed by atoms with Gasteiger partial charge in [-0.2, -0.15) is 0 Å². The SMILES string of the molecule is O=C1CCCc2sc(-c3ccoc3)nc21. The van der Waals surface area contributed by atoms with Crippen molar-refractivity contribution in [3.63, 3.8) is 0 Å². The molecule has 0 aromatic carbocycles. The maximum absolute atomic E-state index is 11.6. The third-order valence-electron chi connectivity index (χ3n) is 2.54. The number of furan rings is 1. The molecule has 0 radical (unpaired) electrons. The maximum Gasteiger partial charge on any atom is 0.182 e. The van der Waals surface area contributed by atoms with E-state index in [0.29, 0.717) is 12.1 Å². The number of ketones is 1. The Morgan fingerprint density at radius 3 is 3.07 bits per heavy atom. The first-order valence-corrected chi connectivity index (χ1v) is 5.72. The molecule has 0 N–H and O–H groups in total. The van der Waals surface area contributed by atoms with Crippen LogP contribution >= 0.6 is 11.3 Å². The first-order chi connectivity index (χ1) is 7.34. The molecule has 1 aliphatic rings. The van der Waals surface area contributed by atoms with E-state index in [1.54, 1.807) is 23.9 Å². The molecule has 15 heavy (non-hydrogen) atoms. The van der Waals surface area contributed by atoms with Crippen molar-refractivity contribution in [3.05, 3.63) is 29.2 Å². The highest BCUT2D eigenvalue weighted by Crippen LogP contribution is 2.32. The standard InChI is InChI=1S/C11H9NO2S/c13-8-2-1-3-9-10(8)12-11(15-9)7-4-5-14-6-7/h4-6H,1-3H2. The second-order valence-electron chi connectivity index (χ2n) is 3.58. The zero-order chi connectivity index (χ0) is 10.3. The number of aryl methyl sites for hydroxylation is 1. The molecule has 0 bridgehead atoms. The van der Waals surface area contributed by atoms with Crippen LogP contribution in [0.2, 0.25) is 0 Å². The number of rotatable bonds is 1. The van der Waals surface area contributed by atoms with E-state index in [1.807, 2.05) is 6.07 Å². The Kier molecular flexibility index (Phi) is 1.95. The van der Waals surface area contributed by atoms with Gasteiger partial charge in [0.25, 0.3) is 0 Å². The smallest absolute Gasteiger partial charge is 0.182 e. The van der Waals surface area contributed by atoms with E-state index < -0.39 is 0 Å². The molecule has 76 valence electrons. The van der Waals surface area contributed by atoms with Crippen LogP contribution in [0.15, 0.2) is 23.0 Å². The van der Waals surface area contributed by atoms with E-state index >= 15 is 0 Å². The average Bonchev–Trinajstić information content (AvgIpc) is 2.86. The second-order valence-corrected chi connectivity index (χ2v) is 4.66. The monoisotopic (exact) mass is 219 g/mol. The third kappa shape index (κ3) is 1.41. The molecule has 3 nitrogen and oxygen atoms in total. The van der Waals surface area contributed by atoms with Crippen LogP contribution in [0.3, 0.4) is 0 Å². The van der Waals surface area contributed by atoms with Crippen LogP contribution in [-0.4, -0.2) is 10.8 Å². The summed E-state index contributed by atoms with van der Waals surface area (Å²) in [6.07, 6.45) is 5.86. The van der Waals surface area contributed by atoms with Crippen molar-refractivity contribution in [2.24, 2.45) is 0 Å². The second kappa shape index (κ2) is 3.31. The minimum atomic E-state index is 0.183. The number of thiazole rings is 1. The lowest BCUT2D eigenvalue weighted by Gasteiger charge is -2.06. The molecule has 0 spiro atoms. The Hall–Kier alpha value is -1.42. The molecule has 0 unspecified atom stereocenters. The fourth-order valence-electron chi connectivity index (χ4n) is 1.78. The van der Waals surface area contributed by atoms with Gasteiger partial charge in [0.1, 0.15) is 17.0 Å². The van der Waals surface area contributed by atoms with Gasteiger partial charge in [0.15, 0.2) is 5.78 Å². The summed E-state index contributed by atoms with van der Waals surface area (Å²) < 4.78 is 5.01. The van der Waals surface area contributed by atoms with Crippen LogP contribution < -0.4 is 0 Å². The zero-order valence-corrected chi connectivity index (χ0v) is 8.84. The minimum absolute atomic E-state index is 0.183. The van der Waals surface area contributed by atoms with Crippen LogP contribution in [-0.2, 0) is 6.42 Å². The summed E-state index contributed by atoms with van der Waals surface area (Å²) >= 11 is 1.60. The molecule has 4 heteroatoms. The van der Waals surface area contributed by atoms with Gasteiger partial charge in [-0.15, -0.1) is 11.3 Å². The van der Waals surface area contributed by atoms with Crippen LogP contribution in [0.25, 0.3) is 10.6 Å². The number of hydrogen-bond donors (Lipinski definition) is 0. The number of aromatic nitrogens is 1. The Bertz CT molecular complexity index is 499. The first kappa shape index (κ1) is 8.85. The van der Waals surface area contributed by atoms with Gasteiger partial charge in [0.2, 0.25) is 0 Å². The van der Waals surface area contributed by atoms with Gasteiger partial charge in [-0.1, -0.05) is 0 Å². The van der Waals surface area contributed by atoms with Gasteiger partial charge in [-0.25, -0.2) is 4.98 Å². The molecule has 0 fully saturated rings. The van der Waals surface area contributed by atoms with Crippen molar-refractivity contribution in [2.45, 2.75) is 19.3 Å². The van der Waals surface area contributed by atoms with Gasteiger partial charge in [0, 0.05) is 16.9 Å². The summed E-state index contributed by atoms with van der Waals surface area (Å²) in [7, 11) is 0. The maximum atomic E-state index is 11.6. The minimum Gasteiger partial charge on any atom is -0.472 e. The van der Waals surface area contributed by atoms with Crippen molar-refractivity contribution < 1.29 is 9.21 Å². The van der Waals surface area contributed by atoms with E-state index in [1.165, 1.54) is 0 Å². The first-order valence-electron chi connectivity index (χ1n) is 4.90. The van der Waals surface area contributed by atoms with Crippen molar-refractivity contribution >= 4 is 17.1 Å². The van der Waals surface area contributed by atoms with Crippen LogP contribution in [0.1, 0.15) is 28.2 Å². The van der Waals surface area contributed by atoms with Crippen LogP contribution in [0.5, 0.6) is 0 Å². The Morgan fingerprint density at radius 2 is 2.33 bits per heavy atom. The number of Topliss-reactive ketones (excluding diaryl/α,β-unsaturated/α-hetero) is 1. The molecular formula is C11H9NO2S. The lowest BCUT2D eigenvalue weighted by atomic mass is 10.0. The summed E-state index contributed by atoms with van der Waals surface area (Å²) in [5, 5.41) is 0.893. The largest absolute Gasteiger partial charge is 0.472 e.